The van der Waals surface area contributed by atoms with Gasteiger partial charge in [-0.3, -0.25) is 4.98 Å². The van der Waals surface area contributed by atoms with Gasteiger partial charge in [-0.25, -0.2) is 0 Å². The summed E-state index contributed by atoms with van der Waals surface area (Å²) in [6.45, 7) is 2.97. The van der Waals surface area contributed by atoms with Crippen LogP contribution in [0.5, 0.6) is 5.75 Å². The smallest absolute Gasteiger partial charge is 0.122 e. The Morgan fingerprint density at radius 2 is 2.00 bits per heavy atom. The maximum absolute atomic E-state index is 5.77. The van der Waals surface area contributed by atoms with Gasteiger partial charge in [0.05, 0.1) is 5.69 Å². The van der Waals surface area contributed by atoms with Gasteiger partial charge in [-0.05, 0) is 24.6 Å². The number of ether oxygens (including phenoxy) is 1. The predicted octanol–water partition coefficient (Wildman–Crippen LogP) is 2.43. The van der Waals surface area contributed by atoms with Crippen molar-refractivity contribution in [2.24, 2.45) is 5.73 Å². The van der Waals surface area contributed by atoms with Crippen LogP contribution in [0.3, 0.4) is 0 Å². The summed E-state index contributed by atoms with van der Waals surface area (Å²) in [7, 11) is 0. The molecular weight excluding hydrogens is 212 g/mol. The Labute approximate surface area is 101 Å². The number of aryl methyl sites for hydroxylation is 1. The molecule has 1 heterocycles. The number of nitrogens with zero attached hydrogens (tertiary/aromatic N) is 1. The van der Waals surface area contributed by atoms with E-state index in [1.165, 1.54) is 0 Å². The summed E-state index contributed by atoms with van der Waals surface area (Å²) in [4.78, 5) is 4.23. The van der Waals surface area contributed by atoms with E-state index in [0.29, 0.717) is 13.2 Å². The Morgan fingerprint density at radius 1 is 1.18 bits per heavy atom. The number of rotatable bonds is 4. The third-order valence-corrected chi connectivity index (χ3v) is 2.65. The first-order valence-corrected chi connectivity index (χ1v) is 5.62. The molecule has 0 fully saturated rings. The molecule has 0 atom stereocenters. The minimum absolute atomic E-state index is 0.438. The lowest BCUT2D eigenvalue weighted by atomic mass is 10.2. The first-order valence-electron chi connectivity index (χ1n) is 5.62. The molecule has 1 aromatic heterocycles. The zero-order valence-electron chi connectivity index (χ0n) is 9.89. The number of aromatic nitrogens is 1. The molecule has 2 aromatic rings. The zero-order chi connectivity index (χ0) is 12.1. The summed E-state index contributed by atoms with van der Waals surface area (Å²) in [6.07, 6.45) is 1.75. The highest BCUT2D eigenvalue weighted by Gasteiger charge is 2.03. The molecule has 17 heavy (non-hydrogen) atoms. The van der Waals surface area contributed by atoms with E-state index in [1.54, 1.807) is 6.20 Å². The highest BCUT2D eigenvalue weighted by atomic mass is 16.5. The fourth-order valence-electron chi connectivity index (χ4n) is 1.66. The van der Waals surface area contributed by atoms with Gasteiger partial charge in [0.15, 0.2) is 0 Å². The summed E-state index contributed by atoms with van der Waals surface area (Å²) >= 11 is 0. The van der Waals surface area contributed by atoms with Crippen LogP contribution in [-0.4, -0.2) is 4.98 Å². The number of para-hydroxylation sites is 1. The van der Waals surface area contributed by atoms with Gasteiger partial charge in [0.2, 0.25) is 0 Å². The maximum atomic E-state index is 5.77. The Morgan fingerprint density at radius 3 is 2.76 bits per heavy atom. The second-order valence-electron chi connectivity index (χ2n) is 3.87. The molecule has 0 amide bonds. The number of hydrogen-bond acceptors (Lipinski definition) is 3. The average Bonchev–Trinajstić information content (AvgIpc) is 2.38. The molecule has 2 N–H and O–H groups in total. The lowest BCUT2D eigenvalue weighted by molar-refractivity contribution is 0.302. The van der Waals surface area contributed by atoms with Crippen LogP contribution in [-0.2, 0) is 13.2 Å². The fourth-order valence-corrected chi connectivity index (χ4v) is 1.66. The molecule has 0 spiro atoms. The van der Waals surface area contributed by atoms with Gasteiger partial charge in [0.25, 0.3) is 0 Å². The van der Waals surface area contributed by atoms with Crippen LogP contribution in [0.25, 0.3) is 0 Å². The van der Waals surface area contributed by atoms with Gasteiger partial charge in [-0.15, -0.1) is 0 Å². The van der Waals surface area contributed by atoms with Gasteiger partial charge < -0.3 is 10.5 Å². The molecule has 88 valence electrons. The Balaban J connectivity index is 2.10. The van der Waals surface area contributed by atoms with Crippen LogP contribution in [0.15, 0.2) is 42.6 Å². The van der Waals surface area contributed by atoms with Crippen molar-refractivity contribution in [1.82, 2.24) is 4.98 Å². The van der Waals surface area contributed by atoms with Crippen molar-refractivity contribution < 1.29 is 4.74 Å². The molecule has 3 nitrogen and oxygen atoms in total. The Hall–Kier alpha value is -1.87. The van der Waals surface area contributed by atoms with Crippen LogP contribution in [0.2, 0.25) is 0 Å². The van der Waals surface area contributed by atoms with Crippen molar-refractivity contribution >= 4 is 0 Å². The third-order valence-electron chi connectivity index (χ3n) is 2.65. The highest BCUT2D eigenvalue weighted by Crippen LogP contribution is 2.18. The molecule has 0 aliphatic carbocycles. The normalized spacial score (nSPS) is 10.2. The van der Waals surface area contributed by atoms with Crippen molar-refractivity contribution in [3.05, 3.63) is 59.4 Å². The number of nitrogens with two attached hydrogens (primary N) is 1. The number of pyridine rings is 1. The molecule has 0 bridgehead atoms. The van der Waals surface area contributed by atoms with Gasteiger partial charge >= 0.3 is 0 Å². The first kappa shape index (κ1) is 11.6. The largest absolute Gasteiger partial charge is 0.489 e. The van der Waals surface area contributed by atoms with Crippen LogP contribution in [0, 0.1) is 6.92 Å². The standard InChI is InChI=1S/C14H16N2O/c1-11-5-2-3-7-14(11)17-10-12-6-4-8-16-13(12)9-15/h2-8H,9-10,15H2,1H3. The lowest BCUT2D eigenvalue weighted by Gasteiger charge is -2.10. The topological polar surface area (TPSA) is 48.1 Å². The molecule has 1 aromatic carbocycles. The van der Waals surface area contributed by atoms with E-state index < -0.39 is 0 Å². The molecule has 0 saturated heterocycles. The van der Waals surface area contributed by atoms with Crippen LogP contribution in [0.1, 0.15) is 16.8 Å². The fraction of sp³-hybridized carbons (Fsp3) is 0.214. The van der Waals surface area contributed by atoms with E-state index in [-0.39, 0.29) is 0 Å². The maximum Gasteiger partial charge on any atom is 0.122 e. The summed E-state index contributed by atoms with van der Waals surface area (Å²) in [5, 5.41) is 0. The van der Waals surface area contributed by atoms with E-state index >= 15 is 0 Å². The van der Waals surface area contributed by atoms with E-state index in [2.05, 4.69) is 4.98 Å². The molecule has 0 saturated carbocycles. The number of benzene rings is 1. The molecule has 0 radical (unpaired) electrons. The summed E-state index contributed by atoms with van der Waals surface area (Å²) in [6, 6.07) is 11.9. The van der Waals surface area contributed by atoms with Crippen LogP contribution >= 0.6 is 0 Å². The van der Waals surface area contributed by atoms with Crippen molar-refractivity contribution in [2.45, 2.75) is 20.1 Å². The van der Waals surface area contributed by atoms with E-state index in [0.717, 1.165) is 22.6 Å². The minimum Gasteiger partial charge on any atom is -0.489 e. The van der Waals surface area contributed by atoms with E-state index in [4.69, 9.17) is 10.5 Å². The van der Waals surface area contributed by atoms with Crippen molar-refractivity contribution in [3.8, 4) is 5.75 Å². The lowest BCUT2D eigenvalue weighted by Crippen LogP contribution is -2.07. The Kier molecular flexibility index (Phi) is 3.73. The SMILES string of the molecule is Cc1ccccc1OCc1cccnc1CN. The Bertz CT molecular complexity index is 497. The third kappa shape index (κ3) is 2.82. The van der Waals surface area contributed by atoms with Crippen LogP contribution in [0.4, 0.5) is 0 Å². The summed E-state index contributed by atoms with van der Waals surface area (Å²) in [5.74, 6) is 0.902. The summed E-state index contributed by atoms with van der Waals surface area (Å²) < 4.78 is 5.77. The van der Waals surface area contributed by atoms with Gasteiger partial charge in [0, 0.05) is 18.3 Å². The zero-order valence-corrected chi connectivity index (χ0v) is 9.89. The van der Waals surface area contributed by atoms with Gasteiger partial charge in [-0.1, -0.05) is 24.3 Å². The van der Waals surface area contributed by atoms with Crippen LogP contribution < -0.4 is 10.5 Å². The molecular formula is C14H16N2O. The first-order chi connectivity index (χ1) is 8.31. The van der Waals surface area contributed by atoms with E-state index in [1.807, 2.05) is 43.3 Å². The second-order valence-corrected chi connectivity index (χ2v) is 3.87. The second kappa shape index (κ2) is 5.46. The monoisotopic (exact) mass is 228 g/mol. The molecule has 0 unspecified atom stereocenters. The average molecular weight is 228 g/mol. The summed E-state index contributed by atoms with van der Waals surface area (Å²) in [5.41, 5.74) is 8.69. The minimum atomic E-state index is 0.438. The van der Waals surface area contributed by atoms with Crippen molar-refractivity contribution in [1.29, 1.82) is 0 Å². The van der Waals surface area contributed by atoms with Gasteiger partial charge in [-0.2, -0.15) is 0 Å². The molecule has 0 aliphatic rings. The van der Waals surface area contributed by atoms with Gasteiger partial charge in [0.1, 0.15) is 12.4 Å². The molecule has 2 rings (SSSR count). The quantitative estimate of drug-likeness (QED) is 0.874. The number of hydrogen-bond donors (Lipinski definition) is 1. The molecule has 0 aliphatic heterocycles. The van der Waals surface area contributed by atoms with Crippen molar-refractivity contribution in [2.75, 3.05) is 0 Å². The highest BCUT2D eigenvalue weighted by molar-refractivity contribution is 5.32. The van der Waals surface area contributed by atoms with Crippen molar-refractivity contribution in [3.63, 3.8) is 0 Å². The molecule has 3 heteroatoms. The van der Waals surface area contributed by atoms with E-state index in [9.17, 15) is 0 Å². The predicted molar refractivity (Wildman–Crippen MR) is 67.6 cm³/mol.